The van der Waals surface area contributed by atoms with Gasteiger partial charge in [-0.25, -0.2) is 8.42 Å². The lowest BCUT2D eigenvalue weighted by Crippen LogP contribution is -2.14. The molecule has 0 aliphatic heterocycles. The lowest BCUT2D eigenvalue weighted by Gasteiger charge is -2.10. The van der Waals surface area contributed by atoms with Gasteiger partial charge in [-0.05, 0) is 42.6 Å². The highest BCUT2D eigenvalue weighted by Gasteiger charge is 2.09. The molecule has 19 heavy (non-hydrogen) atoms. The predicted molar refractivity (Wildman–Crippen MR) is 77.1 cm³/mol. The summed E-state index contributed by atoms with van der Waals surface area (Å²) < 4.78 is 25.6. The van der Waals surface area contributed by atoms with Gasteiger partial charge in [-0.3, -0.25) is 4.72 Å². The van der Waals surface area contributed by atoms with Crippen LogP contribution in [0.4, 0.5) is 5.69 Å². The van der Waals surface area contributed by atoms with Gasteiger partial charge >= 0.3 is 0 Å². The molecule has 6 nitrogen and oxygen atoms in total. The monoisotopic (exact) mass is 280 g/mol. The Balaban J connectivity index is 3.20. The van der Waals surface area contributed by atoms with E-state index in [0.29, 0.717) is 5.69 Å². The first-order valence-corrected chi connectivity index (χ1v) is 7.34. The van der Waals surface area contributed by atoms with Crippen LogP contribution in [0.25, 0.3) is 16.0 Å². The van der Waals surface area contributed by atoms with Gasteiger partial charge in [-0.2, -0.15) is 0 Å². The molecule has 0 bridgehead atoms. The van der Waals surface area contributed by atoms with E-state index in [2.05, 4.69) is 21.3 Å². The minimum atomic E-state index is -3.34. The van der Waals surface area contributed by atoms with Crippen LogP contribution in [0.3, 0.4) is 0 Å². The number of hydrogen-bond donors (Lipinski definition) is 1. The van der Waals surface area contributed by atoms with E-state index in [-0.39, 0.29) is 12.3 Å². The first kappa shape index (κ1) is 15.1. The minimum Gasteiger partial charge on any atom is -0.284 e. The van der Waals surface area contributed by atoms with E-state index in [1.54, 1.807) is 19.1 Å². The molecular weight excluding hydrogens is 264 g/mol. The summed E-state index contributed by atoms with van der Waals surface area (Å²) in [6.45, 7) is 7.37. The average Bonchev–Trinajstić information content (AvgIpc) is 2.35. The van der Waals surface area contributed by atoms with Gasteiger partial charge in [-0.1, -0.05) is 23.3 Å². The summed E-state index contributed by atoms with van der Waals surface area (Å²) >= 11 is 0. The second kappa shape index (κ2) is 6.26. The maximum atomic E-state index is 11.6. The van der Waals surface area contributed by atoms with Gasteiger partial charge < -0.3 is 0 Å². The molecule has 1 aromatic rings. The van der Waals surface area contributed by atoms with Crippen LogP contribution in [0.15, 0.2) is 29.9 Å². The van der Waals surface area contributed by atoms with Crippen LogP contribution < -0.4 is 4.72 Å². The summed E-state index contributed by atoms with van der Waals surface area (Å²) in [6.07, 6.45) is 0. The number of rotatable bonds is 6. The summed E-state index contributed by atoms with van der Waals surface area (Å²) in [5.74, 6) is -0.00399. The lowest BCUT2D eigenvalue weighted by molar-refractivity contribution is 0.602. The molecule has 1 N–H and O–H groups in total. The number of nitrogens with one attached hydrogen (secondary N) is 1. The fourth-order valence-electron chi connectivity index (χ4n) is 1.45. The van der Waals surface area contributed by atoms with Crippen LogP contribution in [0.5, 0.6) is 0 Å². The van der Waals surface area contributed by atoms with Crippen molar-refractivity contribution in [3.63, 3.8) is 0 Å². The molecule has 0 aromatic heterocycles. The largest absolute Gasteiger partial charge is 0.284 e. The molecule has 0 saturated heterocycles. The van der Waals surface area contributed by atoms with E-state index in [0.717, 1.165) is 16.7 Å². The molecule has 0 aliphatic carbocycles. The summed E-state index contributed by atoms with van der Waals surface area (Å²) in [4.78, 5) is 2.69. The van der Waals surface area contributed by atoms with E-state index in [1.165, 1.54) is 0 Å². The molecule has 0 unspecified atom stereocenters. The number of anilines is 1. The second-order valence-electron chi connectivity index (χ2n) is 4.09. The number of benzene rings is 1. The second-order valence-corrected chi connectivity index (χ2v) is 6.10. The smallest absolute Gasteiger partial charge is 0.232 e. The first-order chi connectivity index (χ1) is 8.88. The third kappa shape index (κ3) is 4.65. The molecule has 0 aliphatic rings. The molecule has 0 fully saturated rings. The molecule has 0 spiro atoms. The van der Waals surface area contributed by atoms with Crippen molar-refractivity contribution in [1.29, 1.82) is 0 Å². The van der Waals surface area contributed by atoms with Crippen LogP contribution in [0, 0.1) is 0 Å². The van der Waals surface area contributed by atoms with E-state index in [1.807, 2.05) is 13.0 Å². The Morgan fingerprint density at radius 1 is 1.47 bits per heavy atom. The SMILES string of the molecule is C=C(C)c1cc(CN=[N+]=[N-])cc(NS(=O)(=O)CC)c1. The molecule has 7 heteroatoms. The van der Waals surface area contributed by atoms with Gasteiger partial charge in [0.05, 0.1) is 12.3 Å². The number of nitrogens with zero attached hydrogens (tertiary/aromatic N) is 3. The van der Waals surface area contributed by atoms with Gasteiger partial charge in [0.1, 0.15) is 0 Å². The van der Waals surface area contributed by atoms with E-state index >= 15 is 0 Å². The van der Waals surface area contributed by atoms with Crippen molar-refractivity contribution in [2.24, 2.45) is 5.11 Å². The maximum Gasteiger partial charge on any atom is 0.232 e. The quantitative estimate of drug-likeness (QED) is 0.491. The van der Waals surface area contributed by atoms with Crippen molar-refractivity contribution in [1.82, 2.24) is 0 Å². The van der Waals surface area contributed by atoms with Gasteiger partial charge in [-0.15, -0.1) is 0 Å². The standard InChI is InChI=1S/C12H16N4O2S/c1-4-19(17,18)15-12-6-10(8-14-16-13)5-11(7-12)9(2)3/h5-7,15H,2,4,8H2,1,3H3. The predicted octanol–water partition coefficient (Wildman–Crippen LogP) is 3.29. The minimum absolute atomic E-state index is 0.00399. The third-order valence-corrected chi connectivity index (χ3v) is 3.76. The van der Waals surface area contributed by atoms with Crippen molar-refractivity contribution in [3.8, 4) is 0 Å². The van der Waals surface area contributed by atoms with Gasteiger partial charge in [0.2, 0.25) is 10.0 Å². The normalized spacial score (nSPS) is 10.6. The summed E-state index contributed by atoms with van der Waals surface area (Å²) in [5, 5.41) is 3.47. The molecule has 0 saturated carbocycles. The summed E-state index contributed by atoms with van der Waals surface area (Å²) in [5.41, 5.74) is 11.1. The molecule has 0 atom stereocenters. The van der Waals surface area contributed by atoms with Crippen molar-refractivity contribution < 1.29 is 8.42 Å². The molecule has 1 rings (SSSR count). The third-order valence-electron chi connectivity index (χ3n) is 2.46. The van der Waals surface area contributed by atoms with Crippen molar-refractivity contribution in [3.05, 3.63) is 46.3 Å². The van der Waals surface area contributed by atoms with Gasteiger partial charge in [0.25, 0.3) is 0 Å². The Labute approximate surface area is 112 Å². The topological polar surface area (TPSA) is 94.9 Å². The molecule has 0 heterocycles. The van der Waals surface area contributed by atoms with Crippen molar-refractivity contribution >= 4 is 21.3 Å². The van der Waals surface area contributed by atoms with Gasteiger partial charge in [0.15, 0.2) is 0 Å². The molecule has 102 valence electrons. The zero-order chi connectivity index (χ0) is 14.5. The molecule has 0 amide bonds. The average molecular weight is 280 g/mol. The maximum absolute atomic E-state index is 11.6. The van der Waals surface area contributed by atoms with Crippen LogP contribution in [0.1, 0.15) is 25.0 Å². The van der Waals surface area contributed by atoms with Crippen LogP contribution in [-0.2, 0) is 16.6 Å². The van der Waals surface area contributed by atoms with E-state index in [9.17, 15) is 8.42 Å². The molecular formula is C12H16N4O2S. The molecule has 0 radical (unpaired) electrons. The van der Waals surface area contributed by atoms with Crippen molar-refractivity contribution in [2.75, 3.05) is 10.5 Å². The van der Waals surface area contributed by atoms with Crippen LogP contribution in [0.2, 0.25) is 0 Å². The highest BCUT2D eigenvalue weighted by molar-refractivity contribution is 7.92. The Morgan fingerprint density at radius 2 is 2.16 bits per heavy atom. The zero-order valence-electron chi connectivity index (χ0n) is 10.9. The Bertz CT molecular complexity index is 631. The zero-order valence-corrected chi connectivity index (χ0v) is 11.7. The molecule has 1 aromatic carbocycles. The summed E-state index contributed by atoms with van der Waals surface area (Å²) in [7, 11) is -3.34. The Hall–Kier alpha value is -1.98. The summed E-state index contributed by atoms with van der Waals surface area (Å²) in [6, 6.07) is 5.17. The number of azide groups is 1. The van der Waals surface area contributed by atoms with Crippen LogP contribution >= 0.6 is 0 Å². The number of allylic oxidation sites excluding steroid dienone is 1. The van der Waals surface area contributed by atoms with Crippen LogP contribution in [-0.4, -0.2) is 14.2 Å². The highest BCUT2D eigenvalue weighted by Crippen LogP contribution is 2.21. The Morgan fingerprint density at radius 3 is 2.68 bits per heavy atom. The number of sulfonamides is 1. The highest BCUT2D eigenvalue weighted by atomic mass is 32.2. The van der Waals surface area contributed by atoms with E-state index < -0.39 is 10.0 Å². The first-order valence-electron chi connectivity index (χ1n) is 5.69. The van der Waals surface area contributed by atoms with Crippen molar-refractivity contribution in [2.45, 2.75) is 20.4 Å². The Kier molecular flexibility index (Phi) is 4.97. The fraction of sp³-hybridized carbons (Fsp3) is 0.333. The van der Waals surface area contributed by atoms with Gasteiger partial charge in [0, 0.05) is 10.6 Å². The fourth-order valence-corrected chi connectivity index (χ4v) is 2.07. The van der Waals surface area contributed by atoms with E-state index in [4.69, 9.17) is 5.53 Å². The lowest BCUT2D eigenvalue weighted by atomic mass is 10.0. The number of hydrogen-bond acceptors (Lipinski definition) is 3.